The van der Waals surface area contributed by atoms with Gasteiger partial charge >= 0.3 is 0 Å². The van der Waals surface area contributed by atoms with Crippen LogP contribution in [0.5, 0.6) is 11.5 Å². The second kappa shape index (κ2) is 8.39. The number of hydrogen-bond donors (Lipinski definition) is 1. The van der Waals surface area contributed by atoms with Gasteiger partial charge in [0.2, 0.25) is 5.16 Å². The maximum atomic E-state index is 5.40. The molecule has 6 heteroatoms. The fourth-order valence-corrected chi connectivity index (χ4v) is 3.06. The molecule has 0 aliphatic heterocycles. The molecule has 0 saturated carbocycles. The van der Waals surface area contributed by atoms with Crippen LogP contribution in [0.3, 0.4) is 0 Å². The summed E-state index contributed by atoms with van der Waals surface area (Å²) >= 11 is 1.54. The zero-order valence-corrected chi connectivity index (χ0v) is 14.9. The molecule has 5 nitrogen and oxygen atoms in total. The number of hydrogen-bond acceptors (Lipinski definition) is 5. The van der Waals surface area contributed by atoms with E-state index in [1.165, 1.54) is 0 Å². The normalized spacial score (nSPS) is 11.0. The first-order chi connectivity index (χ1) is 12.3. The number of rotatable bonds is 7. The van der Waals surface area contributed by atoms with E-state index in [1.54, 1.807) is 26.0 Å². The fourth-order valence-electron chi connectivity index (χ4n) is 2.27. The number of H-pyrrole nitrogens is 1. The molecule has 0 aliphatic carbocycles. The van der Waals surface area contributed by atoms with E-state index in [9.17, 15) is 0 Å². The Kier molecular flexibility index (Phi) is 5.74. The molecule has 0 saturated heterocycles. The van der Waals surface area contributed by atoms with E-state index in [-0.39, 0.29) is 0 Å². The lowest BCUT2D eigenvalue weighted by molar-refractivity contribution is 0.400. The molecule has 0 spiro atoms. The molecule has 25 heavy (non-hydrogen) atoms. The predicted molar refractivity (Wildman–Crippen MR) is 101 cm³/mol. The number of benzene rings is 2. The third-order valence-corrected chi connectivity index (χ3v) is 4.46. The molecule has 0 atom stereocenters. The Labute approximate surface area is 151 Å². The molecule has 0 fully saturated rings. The number of aromatic nitrogens is 3. The molecule has 128 valence electrons. The maximum Gasteiger partial charge on any atom is 0.209 e. The number of nitrogens with one attached hydrogen (secondary N) is 1. The van der Waals surface area contributed by atoms with Crippen molar-refractivity contribution in [3.05, 3.63) is 65.5 Å². The molecule has 2 aromatic carbocycles. The van der Waals surface area contributed by atoms with Crippen LogP contribution >= 0.6 is 11.8 Å². The van der Waals surface area contributed by atoms with Gasteiger partial charge in [-0.25, -0.2) is 4.98 Å². The zero-order valence-electron chi connectivity index (χ0n) is 14.1. The monoisotopic (exact) mass is 353 g/mol. The van der Waals surface area contributed by atoms with Gasteiger partial charge in [0, 0.05) is 11.3 Å². The van der Waals surface area contributed by atoms with Crippen LogP contribution < -0.4 is 9.47 Å². The van der Waals surface area contributed by atoms with Crippen molar-refractivity contribution in [3.8, 4) is 11.5 Å². The Morgan fingerprint density at radius 1 is 1.04 bits per heavy atom. The van der Waals surface area contributed by atoms with Crippen LogP contribution in [0.25, 0.3) is 12.2 Å². The highest BCUT2D eigenvalue weighted by Gasteiger charge is 2.08. The molecule has 0 radical (unpaired) electrons. The van der Waals surface area contributed by atoms with E-state index < -0.39 is 0 Å². The molecule has 3 rings (SSSR count). The molecule has 1 N–H and O–H groups in total. The van der Waals surface area contributed by atoms with Crippen LogP contribution in [0.1, 0.15) is 17.0 Å². The maximum absolute atomic E-state index is 5.40. The number of aromatic amines is 1. The minimum Gasteiger partial charge on any atom is -0.497 e. The molecule has 0 amide bonds. The van der Waals surface area contributed by atoms with E-state index in [1.807, 2.05) is 60.7 Å². The van der Waals surface area contributed by atoms with Gasteiger partial charge in [-0.2, -0.15) is 0 Å². The average molecular weight is 353 g/mol. The van der Waals surface area contributed by atoms with E-state index in [0.29, 0.717) is 10.9 Å². The van der Waals surface area contributed by atoms with Crippen molar-refractivity contribution in [2.45, 2.75) is 10.9 Å². The highest BCUT2D eigenvalue weighted by Crippen LogP contribution is 2.29. The summed E-state index contributed by atoms with van der Waals surface area (Å²) in [6.07, 6.45) is 3.92. The largest absolute Gasteiger partial charge is 0.497 e. The van der Waals surface area contributed by atoms with Gasteiger partial charge in [0.25, 0.3) is 0 Å². The topological polar surface area (TPSA) is 60.0 Å². The summed E-state index contributed by atoms with van der Waals surface area (Å²) in [6, 6.07) is 15.8. The smallest absolute Gasteiger partial charge is 0.209 e. The minimum atomic E-state index is 0.692. The van der Waals surface area contributed by atoms with Gasteiger partial charge in [-0.05, 0) is 29.8 Å². The molecule has 1 aromatic heterocycles. The van der Waals surface area contributed by atoms with Crippen LogP contribution in [-0.4, -0.2) is 29.4 Å². The summed E-state index contributed by atoms with van der Waals surface area (Å²) in [5, 5.41) is 7.88. The lowest BCUT2D eigenvalue weighted by atomic mass is 10.2. The molecular formula is C19H19N3O2S. The first kappa shape index (κ1) is 17.1. The van der Waals surface area contributed by atoms with Gasteiger partial charge in [0.1, 0.15) is 17.3 Å². The third-order valence-electron chi connectivity index (χ3n) is 3.56. The van der Waals surface area contributed by atoms with Crippen LogP contribution in [0, 0.1) is 0 Å². The summed E-state index contributed by atoms with van der Waals surface area (Å²) in [5.74, 6) is 3.05. The van der Waals surface area contributed by atoms with Crippen LogP contribution in [-0.2, 0) is 5.75 Å². The highest BCUT2D eigenvalue weighted by atomic mass is 32.2. The number of methoxy groups -OCH3 is 2. The van der Waals surface area contributed by atoms with Crippen molar-refractivity contribution in [2.24, 2.45) is 0 Å². The second-order valence-electron chi connectivity index (χ2n) is 5.21. The number of thioether (sulfide) groups is 1. The first-order valence-corrected chi connectivity index (χ1v) is 8.76. The van der Waals surface area contributed by atoms with Gasteiger partial charge in [0.15, 0.2) is 0 Å². The molecule has 0 unspecified atom stereocenters. The van der Waals surface area contributed by atoms with Crippen molar-refractivity contribution in [1.29, 1.82) is 0 Å². The van der Waals surface area contributed by atoms with Gasteiger partial charge in [-0.1, -0.05) is 48.2 Å². The SMILES string of the molecule is COc1ccc(OC)c(CSc2n[nH]c(/C=C/c3ccccc3)n2)c1. The van der Waals surface area contributed by atoms with E-state index in [2.05, 4.69) is 15.2 Å². The van der Waals surface area contributed by atoms with E-state index >= 15 is 0 Å². The predicted octanol–water partition coefficient (Wildman–Crippen LogP) is 4.28. The lowest BCUT2D eigenvalue weighted by Crippen LogP contribution is -1.92. The van der Waals surface area contributed by atoms with Gasteiger partial charge in [-0.3, -0.25) is 5.10 Å². The Hall–Kier alpha value is -2.73. The lowest BCUT2D eigenvalue weighted by Gasteiger charge is -2.09. The van der Waals surface area contributed by atoms with Crippen LogP contribution in [0.15, 0.2) is 53.7 Å². The standard InChI is InChI=1S/C19H19N3O2S/c1-23-16-9-10-17(24-2)15(12-16)13-25-19-20-18(21-22-19)11-8-14-6-4-3-5-7-14/h3-12H,13H2,1-2H3,(H,20,21,22)/b11-8+. The van der Waals surface area contributed by atoms with Gasteiger partial charge < -0.3 is 9.47 Å². The number of ether oxygens (including phenoxy) is 2. The molecule has 0 bridgehead atoms. The minimum absolute atomic E-state index is 0.692. The van der Waals surface area contributed by atoms with Gasteiger partial charge in [-0.15, -0.1) is 5.10 Å². The molecule has 1 heterocycles. The van der Waals surface area contributed by atoms with Crippen molar-refractivity contribution in [1.82, 2.24) is 15.2 Å². The van der Waals surface area contributed by atoms with Gasteiger partial charge in [0.05, 0.1) is 14.2 Å². The second-order valence-corrected chi connectivity index (χ2v) is 6.16. The highest BCUT2D eigenvalue weighted by molar-refractivity contribution is 7.98. The van der Waals surface area contributed by atoms with Crippen LogP contribution in [0.2, 0.25) is 0 Å². The van der Waals surface area contributed by atoms with Crippen molar-refractivity contribution in [2.75, 3.05) is 14.2 Å². The fraction of sp³-hybridized carbons (Fsp3) is 0.158. The zero-order chi connectivity index (χ0) is 17.5. The Morgan fingerprint density at radius 3 is 2.64 bits per heavy atom. The quantitative estimate of drug-likeness (QED) is 0.642. The summed E-state index contributed by atoms with van der Waals surface area (Å²) in [4.78, 5) is 4.48. The average Bonchev–Trinajstić information content (AvgIpc) is 3.13. The molecule has 0 aliphatic rings. The van der Waals surface area contributed by atoms with Crippen molar-refractivity contribution >= 4 is 23.9 Å². The van der Waals surface area contributed by atoms with Crippen molar-refractivity contribution in [3.63, 3.8) is 0 Å². The number of nitrogens with zero attached hydrogens (tertiary/aromatic N) is 2. The summed E-state index contributed by atoms with van der Waals surface area (Å²) < 4.78 is 10.7. The summed E-state index contributed by atoms with van der Waals surface area (Å²) in [5.41, 5.74) is 2.16. The summed E-state index contributed by atoms with van der Waals surface area (Å²) in [6.45, 7) is 0. The molecule has 3 aromatic rings. The summed E-state index contributed by atoms with van der Waals surface area (Å²) in [7, 11) is 3.31. The van der Waals surface area contributed by atoms with E-state index in [4.69, 9.17) is 9.47 Å². The Morgan fingerprint density at radius 2 is 1.88 bits per heavy atom. The molecular weight excluding hydrogens is 334 g/mol. The first-order valence-electron chi connectivity index (χ1n) is 7.77. The third kappa shape index (κ3) is 4.64. The van der Waals surface area contributed by atoms with Crippen LogP contribution in [0.4, 0.5) is 0 Å². The Balaban J connectivity index is 1.65. The van der Waals surface area contributed by atoms with E-state index in [0.717, 1.165) is 28.5 Å². The van der Waals surface area contributed by atoms with Crippen molar-refractivity contribution < 1.29 is 9.47 Å². The Bertz CT molecular complexity index is 847.